The summed E-state index contributed by atoms with van der Waals surface area (Å²) in [5.74, 6) is 0. The second kappa shape index (κ2) is 4.17. The van der Waals surface area contributed by atoms with Crippen LogP contribution in [0, 0.1) is 0 Å². The van der Waals surface area contributed by atoms with Crippen LogP contribution in [-0.2, 0) is 0 Å². The third-order valence-electron chi connectivity index (χ3n) is 4.10. The van der Waals surface area contributed by atoms with Gasteiger partial charge in [-0.15, -0.1) is 0 Å². The minimum atomic E-state index is 0.421. The second-order valence-electron chi connectivity index (χ2n) is 5.27. The molecule has 2 aromatic heterocycles. The van der Waals surface area contributed by atoms with Crippen LogP contribution in [0.1, 0.15) is 0 Å². The van der Waals surface area contributed by atoms with E-state index in [0.717, 1.165) is 5.52 Å². The molecule has 5 aromatic rings. The maximum atomic E-state index is 4.52. The normalized spacial score (nSPS) is 11.8. The molecular formula is C19H11NSe. The Morgan fingerprint density at radius 3 is 2.52 bits per heavy atom. The molecule has 0 atom stereocenters. The van der Waals surface area contributed by atoms with Crippen LogP contribution >= 0.6 is 0 Å². The summed E-state index contributed by atoms with van der Waals surface area (Å²) < 4.78 is 2.99. The van der Waals surface area contributed by atoms with E-state index in [1.807, 2.05) is 12.3 Å². The fourth-order valence-electron chi connectivity index (χ4n) is 3.19. The summed E-state index contributed by atoms with van der Waals surface area (Å²) >= 11 is 0.421. The summed E-state index contributed by atoms with van der Waals surface area (Å²) in [6.45, 7) is 0. The quantitative estimate of drug-likeness (QED) is 0.294. The van der Waals surface area contributed by atoms with Crippen LogP contribution in [0.5, 0.6) is 0 Å². The molecule has 21 heavy (non-hydrogen) atoms. The van der Waals surface area contributed by atoms with E-state index in [2.05, 4.69) is 59.6 Å². The molecule has 0 saturated heterocycles. The van der Waals surface area contributed by atoms with Crippen molar-refractivity contribution in [1.82, 2.24) is 4.98 Å². The number of rotatable bonds is 0. The Morgan fingerprint density at radius 2 is 1.52 bits per heavy atom. The van der Waals surface area contributed by atoms with Gasteiger partial charge in [0.15, 0.2) is 0 Å². The van der Waals surface area contributed by atoms with Crippen LogP contribution in [-0.4, -0.2) is 19.5 Å². The van der Waals surface area contributed by atoms with Gasteiger partial charge in [-0.3, -0.25) is 0 Å². The molecule has 0 N–H and O–H groups in total. The number of aromatic nitrogens is 1. The summed E-state index contributed by atoms with van der Waals surface area (Å²) in [6, 6.07) is 21.9. The van der Waals surface area contributed by atoms with E-state index in [4.69, 9.17) is 0 Å². The zero-order valence-electron chi connectivity index (χ0n) is 11.2. The molecule has 2 heteroatoms. The van der Waals surface area contributed by atoms with Crippen LogP contribution in [0.4, 0.5) is 0 Å². The number of fused-ring (bicyclic) bond motifs is 7. The molecule has 0 unspecified atom stereocenters. The standard InChI is InChI=1S/C19H11NSe/c1-2-6-16-14(4-1)19-17(21-16)10-8-12-7-9-15-13(18(12)19)5-3-11-20-15/h1-11H. The SMILES string of the molecule is c1ccc2c(c1)[se]c1ccc3ccc4ncccc4c3c12. The molecule has 0 saturated carbocycles. The van der Waals surface area contributed by atoms with E-state index >= 15 is 0 Å². The maximum absolute atomic E-state index is 4.52. The van der Waals surface area contributed by atoms with E-state index in [-0.39, 0.29) is 0 Å². The van der Waals surface area contributed by atoms with Crippen molar-refractivity contribution in [2.45, 2.75) is 0 Å². The number of hydrogen-bond donors (Lipinski definition) is 0. The Balaban J connectivity index is 2.19. The molecule has 1 nitrogen and oxygen atoms in total. The van der Waals surface area contributed by atoms with Crippen molar-refractivity contribution in [3.8, 4) is 0 Å². The molecule has 5 rings (SSSR count). The number of nitrogens with zero attached hydrogens (tertiary/aromatic N) is 1. The number of benzene rings is 3. The van der Waals surface area contributed by atoms with Crippen molar-refractivity contribution in [2.75, 3.05) is 0 Å². The Bertz CT molecular complexity index is 1140. The van der Waals surface area contributed by atoms with E-state index < -0.39 is 0 Å². The first-order chi connectivity index (χ1) is 10.4. The molecule has 0 fully saturated rings. The predicted octanol–water partition coefficient (Wildman–Crippen LogP) is 4.75. The van der Waals surface area contributed by atoms with Crippen LogP contribution < -0.4 is 0 Å². The van der Waals surface area contributed by atoms with Gasteiger partial charge in [-0.1, -0.05) is 0 Å². The first kappa shape index (κ1) is 11.5. The van der Waals surface area contributed by atoms with Crippen LogP contribution in [0.15, 0.2) is 66.9 Å². The van der Waals surface area contributed by atoms with Gasteiger partial charge < -0.3 is 0 Å². The second-order valence-corrected chi connectivity index (χ2v) is 7.54. The average Bonchev–Trinajstić information content (AvgIpc) is 2.93. The zero-order chi connectivity index (χ0) is 13.8. The first-order valence-corrected chi connectivity index (χ1v) is 8.71. The van der Waals surface area contributed by atoms with Gasteiger partial charge in [0.1, 0.15) is 0 Å². The Kier molecular flexibility index (Phi) is 2.29. The molecule has 0 spiro atoms. The fraction of sp³-hybridized carbons (Fsp3) is 0. The van der Waals surface area contributed by atoms with Gasteiger partial charge in [0.2, 0.25) is 0 Å². The summed E-state index contributed by atoms with van der Waals surface area (Å²) in [4.78, 5) is 4.52. The Morgan fingerprint density at radius 1 is 0.667 bits per heavy atom. The molecule has 0 aliphatic carbocycles. The number of hydrogen-bond acceptors (Lipinski definition) is 1. The zero-order valence-corrected chi connectivity index (χ0v) is 12.9. The summed E-state index contributed by atoms with van der Waals surface area (Å²) in [6.07, 6.45) is 1.87. The van der Waals surface area contributed by atoms with Gasteiger partial charge >= 0.3 is 127 Å². The van der Waals surface area contributed by atoms with Crippen molar-refractivity contribution in [3.05, 3.63) is 66.9 Å². The van der Waals surface area contributed by atoms with Crippen LogP contribution in [0.3, 0.4) is 0 Å². The molecule has 2 heterocycles. The third kappa shape index (κ3) is 1.55. The predicted molar refractivity (Wildman–Crippen MR) is 91.2 cm³/mol. The Hall–Kier alpha value is -2.15. The average molecular weight is 332 g/mol. The van der Waals surface area contributed by atoms with Gasteiger partial charge in [0.25, 0.3) is 0 Å². The molecule has 3 aromatic carbocycles. The topological polar surface area (TPSA) is 12.9 Å². The first-order valence-electron chi connectivity index (χ1n) is 6.99. The third-order valence-corrected chi connectivity index (χ3v) is 6.49. The van der Waals surface area contributed by atoms with Gasteiger partial charge in [-0.25, -0.2) is 0 Å². The number of pyridine rings is 1. The summed E-state index contributed by atoms with van der Waals surface area (Å²) in [5, 5.41) is 6.78. The molecular weight excluding hydrogens is 321 g/mol. The van der Waals surface area contributed by atoms with Gasteiger partial charge in [0, 0.05) is 0 Å². The van der Waals surface area contributed by atoms with Crippen molar-refractivity contribution in [2.24, 2.45) is 0 Å². The minimum absolute atomic E-state index is 0.421. The molecule has 0 amide bonds. The Labute approximate surface area is 127 Å². The van der Waals surface area contributed by atoms with Crippen molar-refractivity contribution in [1.29, 1.82) is 0 Å². The molecule has 0 aliphatic heterocycles. The van der Waals surface area contributed by atoms with Gasteiger partial charge in [-0.2, -0.15) is 0 Å². The van der Waals surface area contributed by atoms with E-state index in [9.17, 15) is 0 Å². The van der Waals surface area contributed by atoms with E-state index in [1.165, 1.54) is 35.5 Å². The van der Waals surface area contributed by atoms with Crippen molar-refractivity contribution < 1.29 is 0 Å². The monoisotopic (exact) mass is 333 g/mol. The fourth-order valence-corrected chi connectivity index (χ4v) is 5.53. The van der Waals surface area contributed by atoms with E-state index in [0.29, 0.717) is 14.5 Å². The summed E-state index contributed by atoms with van der Waals surface area (Å²) in [7, 11) is 0. The molecule has 0 bridgehead atoms. The van der Waals surface area contributed by atoms with Crippen LogP contribution in [0.25, 0.3) is 41.0 Å². The van der Waals surface area contributed by atoms with E-state index in [1.54, 1.807) is 0 Å². The molecule has 0 aliphatic rings. The molecule has 0 radical (unpaired) electrons. The summed E-state index contributed by atoms with van der Waals surface area (Å²) in [5.41, 5.74) is 1.08. The molecule has 98 valence electrons. The van der Waals surface area contributed by atoms with Crippen molar-refractivity contribution in [3.63, 3.8) is 0 Å². The van der Waals surface area contributed by atoms with Crippen LogP contribution in [0.2, 0.25) is 0 Å². The van der Waals surface area contributed by atoms with Gasteiger partial charge in [-0.05, 0) is 0 Å². The van der Waals surface area contributed by atoms with Gasteiger partial charge in [0.05, 0.1) is 0 Å². The van der Waals surface area contributed by atoms with Crippen molar-refractivity contribution >= 4 is 55.5 Å².